The van der Waals surface area contributed by atoms with Crippen molar-refractivity contribution in [3.8, 4) is 11.5 Å². The van der Waals surface area contributed by atoms with Gasteiger partial charge in [-0.1, -0.05) is 122 Å². The van der Waals surface area contributed by atoms with E-state index in [4.69, 9.17) is 9.47 Å². The highest BCUT2D eigenvalue weighted by atomic mass is 16.7. The van der Waals surface area contributed by atoms with Crippen molar-refractivity contribution in [2.45, 2.75) is 130 Å². The summed E-state index contributed by atoms with van der Waals surface area (Å²) in [6.45, 7) is 6.71. The topological polar surface area (TPSA) is 35.5 Å². The van der Waals surface area contributed by atoms with E-state index in [1.165, 1.54) is 88.2 Å². The van der Waals surface area contributed by atoms with E-state index in [2.05, 4.69) is 32.9 Å². The van der Waals surface area contributed by atoms with Gasteiger partial charge in [-0.25, -0.2) is 4.79 Å². The normalized spacial score (nSPS) is 11.0. The molecule has 2 aromatic carbocycles. The molecular weight excluding hydrogens is 444 g/mol. The zero-order chi connectivity index (χ0) is 25.8. The van der Waals surface area contributed by atoms with Crippen LogP contribution in [0.5, 0.6) is 11.5 Å². The smallest absolute Gasteiger partial charge is 0.394 e. The van der Waals surface area contributed by atoms with Crippen molar-refractivity contribution in [3.05, 3.63) is 59.2 Å². The van der Waals surface area contributed by atoms with Gasteiger partial charge in [-0.15, -0.1) is 0 Å². The maximum Gasteiger partial charge on any atom is 0.519 e. The largest absolute Gasteiger partial charge is 0.519 e. The van der Waals surface area contributed by atoms with Gasteiger partial charge in [-0.05, 0) is 67.3 Å². The highest BCUT2D eigenvalue weighted by molar-refractivity contribution is 5.68. The molecule has 0 saturated carbocycles. The number of unbranched alkanes of at least 4 members (excludes halogenated alkanes) is 11. The molecule has 2 aromatic rings. The van der Waals surface area contributed by atoms with Gasteiger partial charge in [0.25, 0.3) is 0 Å². The van der Waals surface area contributed by atoms with E-state index in [0.29, 0.717) is 11.5 Å². The third-order valence-electron chi connectivity index (χ3n) is 6.97. The molecule has 0 spiro atoms. The van der Waals surface area contributed by atoms with E-state index in [1.807, 2.05) is 30.3 Å². The Morgan fingerprint density at radius 3 is 1.67 bits per heavy atom. The molecule has 0 aliphatic rings. The molecular formula is C33H50O3. The fourth-order valence-corrected chi connectivity index (χ4v) is 4.80. The highest BCUT2D eigenvalue weighted by Crippen LogP contribution is 2.28. The molecule has 0 aliphatic heterocycles. The molecule has 3 heteroatoms. The van der Waals surface area contributed by atoms with Gasteiger partial charge in [-0.2, -0.15) is 0 Å². The maximum atomic E-state index is 12.9. The van der Waals surface area contributed by atoms with Crippen LogP contribution >= 0.6 is 0 Å². The Morgan fingerprint density at radius 2 is 1.00 bits per heavy atom. The number of ether oxygens (including phenoxy) is 2. The summed E-state index contributed by atoms with van der Waals surface area (Å²) >= 11 is 0. The summed E-state index contributed by atoms with van der Waals surface area (Å²) in [5, 5.41) is 0. The minimum atomic E-state index is -0.636. The van der Waals surface area contributed by atoms with Crippen molar-refractivity contribution >= 4 is 6.16 Å². The number of hydrogen-bond acceptors (Lipinski definition) is 3. The first-order chi connectivity index (χ1) is 17.7. The molecule has 0 N–H and O–H groups in total. The zero-order valence-electron chi connectivity index (χ0n) is 23.3. The Hall–Kier alpha value is -2.29. The zero-order valence-corrected chi connectivity index (χ0v) is 23.3. The van der Waals surface area contributed by atoms with Gasteiger partial charge in [0.2, 0.25) is 0 Å². The van der Waals surface area contributed by atoms with Gasteiger partial charge in [0.05, 0.1) is 0 Å². The van der Waals surface area contributed by atoms with Crippen LogP contribution in [0.25, 0.3) is 0 Å². The Morgan fingerprint density at radius 1 is 0.528 bits per heavy atom. The Kier molecular flexibility index (Phi) is 15.7. The van der Waals surface area contributed by atoms with Crippen molar-refractivity contribution in [3.63, 3.8) is 0 Å². The van der Waals surface area contributed by atoms with Crippen LogP contribution in [0.4, 0.5) is 4.79 Å². The van der Waals surface area contributed by atoms with E-state index in [-0.39, 0.29) is 0 Å². The second-order valence-corrected chi connectivity index (χ2v) is 10.1. The first-order valence-corrected chi connectivity index (χ1v) is 14.8. The monoisotopic (exact) mass is 494 g/mol. The molecule has 2 rings (SSSR count). The SMILES string of the molecule is CCCCCCCc1cccc(OC(=O)Oc2ccccc2CCCCCC)c1CCCCCCC. The second kappa shape index (κ2) is 18.9. The van der Waals surface area contributed by atoms with Gasteiger partial charge >= 0.3 is 6.16 Å². The highest BCUT2D eigenvalue weighted by Gasteiger charge is 2.16. The summed E-state index contributed by atoms with van der Waals surface area (Å²) in [6.07, 6.45) is 19.5. The molecule has 0 amide bonds. The first kappa shape index (κ1) is 29.9. The summed E-state index contributed by atoms with van der Waals surface area (Å²) < 4.78 is 11.6. The fourth-order valence-electron chi connectivity index (χ4n) is 4.80. The van der Waals surface area contributed by atoms with Crippen LogP contribution in [0, 0.1) is 0 Å². The van der Waals surface area contributed by atoms with Gasteiger partial charge < -0.3 is 9.47 Å². The minimum absolute atomic E-state index is 0.618. The predicted molar refractivity (Wildman–Crippen MR) is 152 cm³/mol. The molecule has 0 heterocycles. The van der Waals surface area contributed by atoms with Crippen LogP contribution in [-0.4, -0.2) is 6.16 Å². The molecule has 0 aromatic heterocycles. The number of aryl methyl sites for hydroxylation is 2. The molecule has 0 saturated heterocycles. The maximum absolute atomic E-state index is 12.9. The average molecular weight is 495 g/mol. The Bertz CT molecular complexity index is 858. The number of hydrogen-bond donors (Lipinski definition) is 0. The third-order valence-corrected chi connectivity index (χ3v) is 6.97. The lowest BCUT2D eigenvalue weighted by Gasteiger charge is -2.16. The van der Waals surface area contributed by atoms with Crippen LogP contribution in [0.3, 0.4) is 0 Å². The fraction of sp³-hybridized carbons (Fsp3) is 0.606. The van der Waals surface area contributed by atoms with Gasteiger partial charge in [0.1, 0.15) is 11.5 Å². The second-order valence-electron chi connectivity index (χ2n) is 10.1. The van der Waals surface area contributed by atoms with Crippen molar-refractivity contribution in [2.75, 3.05) is 0 Å². The number of carbonyl (C=O) groups is 1. The predicted octanol–water partition coefficient (Wildman–Crippen LogP) is 10.4. The lowest BCUT2D eigenvalue weighted by molar-refractivity contribution is 0.151. The molecule has 0 atom stereocenters. The molecule has 0 radical (unpaired) electrons. The third kappa shape index (κ3) is 11.6. The van der Waals surface area contributed by atoms with Crippen LogP contribution in [0.2, 0.25) is 0 Å². The van der Waals surface area contributed by atoms with Crippen molar-refractivity contribution in [1.29, 1.82) is 0 Å². The number of carbonyl (C=O) groups excluding carboxylic acids is 1. The van der Waals surface area contributed by atoms with Crippen LogP contribution in [0.1, 0.15) is 127 Å². The quantitative estimate of drug-likeness (QED) is 0.111. The molecule has 200 valence electrons. The summed E-state index contributed by atoms with van der Waals surface area (Å²) in [5.74, 6) is 1.29. The van der Waals surface area contributed by atoms with Crippen LogP contribution in [0.15, 0.2) is 42.5 Å². The molecule has 0 unspecified atom stereocenters. The lowest BCUT2D eigenvalue weighted by atomic mass is 9.95. The number of para-hydroxylation sites is 1. The Balaban J connectivity index is 2.06. The van der Waals surface area contributed by atoms with Crippen LogP contribution in [-0.2, 0) is 19.3 Å². The lowest BCUT2D eigenvalue weighted by Crippen LogP contribution is -2.16. The molecule has 0 bridgehead atoms. The van der Waals surface area contributed by atoms with Crippen LogP contribution < -0.4 is 9.47 Å². The summed E-state index contributed by atoms with van der Waals surface area (Å²) in [5.41, 5.74) is 3.58. The Labute approximate surface area is 221 Å². The van der Waals surface area contributed by atoms with E-state index in [0.717, 1.165) is 37.7 Å². The van der Waals surface area contributed by atoms with Crippen molar-refractivity contribution in [2.24, 2.45) is 0 Å². The molecule has 0 aliphatic carbocycles. The number of rotatable bonds is 19. The van der Waals surface area contributed by atoms with Gasteiger partial charge in [0.15, 0.2) is 0 Å². The van der Waals surface area contributed by atoms with Crippen molar-refractivity contribution < 1.29 is 14.3 Å². The first-order valence-electron chi connectivity index (χ1n) is 14.8. The number of benzene rings is 2. The molecule has 0 fully saturated rings. The average Bonchev–Trinajstić information content (AvgIpc) is 2.88. The molecule has 36 heavy (non-hydrogen) atoms. The minimum Gasteiger partial charge on any atom is -0.394 e. The summed E-state index contributed by atoms with van der Waals surface area (Å²) in [6, 6.07) is 14.0. The summed E-state index contributed by atoms with van der Waals surface area (Å²) in [4.78, 5) is 12.9. The van der Waals surface area contributed by atoms with Crippen molar-refractivity contribution in [1.82, 2.24) is 0 Å². The summed E-state index contributed by atoms with van der Waals surface area (Å²) in [7, 11) is 0. The van der Waals surface area contributed by atoms with Gasteiger partial charge in [-0.3, -0.25) is 0 Å². The van der Waals surface area contributed by atoms with E-state index in [9.17, 15) is 4.79 Å². The molecule has 3 nitrogen and oxygen atoms in total. The van der Waals surface area contributed by atoms with Gasteiger partial charge in [0, 0.05) is 0 Å². The van der Waals surface area contributed by atoms with E-state index in [1.54, 1.807) is 0 Å². The standard InChI is InChI=1S/C33H50O3/c1-4-7-10-13-16-21-28-24-20-27-32(30(28)25-17-14-11-8-5-2)36-33(34)35-31-26-19-18-23-29(31)22-15-12-9-6-3/h18-20,23-24,26-27H,4-17,21-22,25H2,1-3H3. The van der Waals surface area contributed by atoms with E-state index < -0.39 is 6.16 Å². The van der Waals surface area contributed by atoms with E-state index >= 15 is 0 Å².